The van der Waals surface area contributed by atoms with Crippen molar-refractivity contribution in [1.82, 2.24) is 0 Å². The fourth-order valence-electron chi connectivity index (χ4n) is 4.58. The van der Waals surface area contributed by atoms with Gasteiger partial charge in [-0.3, -0.25) is 0 Å². The fraction of sp³-hybridized carbons (Fsp3) is 0.231. The molecule has 1 heterocycles. The van der Waals surface area contributed by atoms with Gasteiger partial charge in [-0.2, -0.15) is 0 Å². The van der Waals surface area contributed by atoms with Crippen LogP contribution in [0.5, 0.6) is 0 Å². The molecule has 0 saturated carbocycles. The molecule has 142 valence electrons. The summed E-state index contributed by atoms with van der Waals surface area (Å²) in [5.74, 6) is 0. The van der Waals surface area contributed by atoms with Crippen molar-refractivity contribution < 1.29 is 4.74 Å². The van der Waals surface area contributed by atoms with E-state index in [1.54, 1.807) is 0 Å². The lowest BCUT2D eigenvalue weighted by molar-refractivity contribution is 0.419. The summed E-state index contributed by atoms with van der Waals surface area (Å²) in [6.45, 7) is 7.16. The standard InChI is InChI=1S/C26H28OSi/c1-26(2,3)28(22-15-9-5-10-16-22,23-17-11-6-12-18-23)25-24(27-25)20-19-21-13-7-4-8-14-21/h4-20,24-25H,1-3H3/b20-19+/t24-,25-/m0/s1. The minimum atomic E-state index is -2.19. The molecule has 3 aromatic carbocycles. The summed E-state index contributed by atoms with van der Waals surface area (Å²) in [4.78, 5) is 0. The van der Waals surface area contributed by atoms with Gasteiger partial charge in [-0.25, -0.2) is 0 Å². The predicted octanol–water partition coefficient (Wildman–Crippen LogP) is 5.07. The lowest BCUT2D eigenvalue weighted by Gasteiger charge is -2.43. The first-order valence-corrected chi connectivity index (χ1v) is 12.1. The molecule has 1 saturated heterocycles. The van der Waals surface area contributed by atoms with Gasteiger partial charge in [0.1, 0.15) is 6.10 Å². The third-order valence-corrected chi connectivity index (χ3v) is 12.0. The van der Waals surface area contributed by atoms with Crippen molar-refractivity contribution in [2.24, 2.45) is 0 Å². The van der Waals surface area contributed by atoms with Crippen LogP contribution in [0.25, 0.3) is 6.08 Å². The van der Waals surface area contributed by atoms with Crippen molar-refractivity contribution in [3.05, 3.63) is 103 Å². The molecule has 0 aliphatic carbocycles. The summed E-state index contributed by atoms with van der Waals surface area (Å²) < 4.78 is 6.41. The van der Waals surface area contributed by atoms with Gasteiger partial charge in [0.05, 0.1) is 5.73 Å². The molecule has 28 heavy (non-hydrogen) atoms. The van der Waals surface area contributed by atoms with Crippen LogP contribution in [-0.2, 0) is 4.74 Å². The Morgan fingerprint density at radius 1 is 0.714 bits per heavy atom. The van der Waals surface area contributed by atoms with E-state index in [4.69, 9.17) is 4.74 Å². The Morgan fingerprint density at radius 2 is 1.18 bits per heavy atom. The van der Waals surface area contributed by atoms with Crippen LogP contribution in [0.4, 0.5) is 0 Å². The summed E-state index contributed by atoms with van der Waals surface area (Å²) in [5.41, 5.74) is 1.47. The normalized spacial score (nSPS) is 19.7. The van der Waals surface area contributed by atoms with Crippen molar-refractivity contribution >= 4 is 24.5 Å². The Morgan fingerprint density at radius 3 is 1.64 bits per heavy atom. The average molecular weight is 385 g/mol. The maximum atomic E-state index is 6.41. The van der Waals surface area contributed by atoms with Crippen molar-refractivity contribution in [3.8, 4) is 0 Å². The summed E-state index contributed by atoms with van der Waals surface area (Å²) >= 11 is 0. The highest BCUT2D eigenvalue weighted by Crippen LogP contribution is 2.46. The Labute approximate surface area is 169 Å². The molecular formula is C26H28OSi. The first-order valence-electron chi connectivity index (χ1n) is 10.0. The van der Waals surface area contributed by atoms with Gasteiger partial charge in [-0.15, -0.1) is 0 Å². The highest BCUT2D eigenvalue weighted by molar-refractivity contribution is 7.05. The molecular weight excluding hydrogens is 356 g/mol. The minimum absolute atomic E-state index is 0.121. The molecule has 0 bridgehead atoms. The molecule has 0 spiro atoms. The number of benzene rings is 3. The minimum Gasteiger partial charge on any atom is -0.368 e. The second kappa shape index (κ2) is 7.54. The third kappa shape index (κ3) is 3.39. The first-order chi connectivity index (χ1) is 13.5. The number of rotatable bonds is 5. The Hall–Kier alpha value is -2.42. The summed E-state index contributed by atoms with van der Waals surface area (Å²) in [5, 5.41) is 3.03. The van der Waals surface area contributed by atoms with Crippen molar-refractivity contribution in [2.75, 3.05) is 0 Å². The largest absolute Gasteiger partial charge is 0.368 e. The van der Waals surface area contributed by atoms with Gasteiger partial charge < -0.3 is 4.74 Å². The van der Waals surface area contributed by atoms with Gasteiger partial charge in [0.15, 0.2) is 8.07 Å². The van der Waals surface area contributed by atoms with Crippen molar-refractivity contribution in [1.29, 1.82) is 0 Å². The number of epoxide rings is 1. The second-order valence-corrected chi connectivity index (χ2v) is 13.4. The molecule has 2 atom stereocenters. The van der Waals surface area contributed by atoms with E-state index >= 15 is 0 Å². The molecule has 0 aromatic heterocycles. The highest BCUT2D eigenvalue weighted by Gasteiger charge is 2.62. The predicted molar refractivity (Wildman–Crippen MR) is 122 cm³/mol. The van der Waals surface area contributed by atoms with E-state index in [0.29, 0.717) is 0 Å². The van der Waals surface area contributed by atoms with Gasteiger partial charge in [-0.1, -0.05) is 134 Å². The summed E-state index contributed by atoms with van der Waals surface area (Å²) in [6.07, 6.45) is 4.62. The molecule has 1 aliphatic rings. The van der Waals surface area contributed by atoms with Crippen LogP contribution >= 0.6 is 0 Å². The first kappa shape index (κ1) is 18.9. The van der Waals surface area contributed by atoms with E-state index < -0.39 is 8.07 Å². The monoisotopic (exact) mass is 384 g/mol. The summed E-state index contributed by atoms with van der Waals surface area (Å²) in [7, 11) is -2.19. The van der Waals surface area contributed by atoms with Gasteiger partial charge in [0.25, 0.3) is 0 Å². The third-order valence-electron chi connectivity index (χ3n) is 5.87. The number of ether oxygens (including phenoxy) is 1. The SMILES string of the molecule is CC(C)(C)[Si](c1ccccc1)(c1ccccc1)[C@@H]1O[C@H]1/C=C/c1ccccc1. The van der Waals surface area contributed by atoms with Gasteiger partial charge in [0, 0.05) is 0 Å². The molecule has 4 rings (SSSR count). The van der Waals surface area contributed by atoms with Crippen LogP contribution < -0.4 is 10.4 Å². The van der Waals surface area contributed by atoms with Crippen molar-refractivity contribution in [3.63, 3.8) is 0 Å². The van der Waals surface area contributed by atoms with E-state index in [0.717, 1.165) is 0 Å². The quantitative estimate of drug-likeness (QED) is 0.442. The van der Waals surface area contributed by atoms with Gasteiger partial charge in [-0.05, 0) is 10.6 Å². The van der Waals surface area contributed by atoms with Crippen LogP contribution in [0.1, 0.15) is 26.3 Å². The Balaban J connectivity index is 1.78. The molecule has 1 nitrogen and oxygen atoms in total. The molecule has 1 fully saturated rings. The van der Waals surface area contributed by atoms with Crippen LogP contribution in [0.3, 0.4) is 0 Å². The zero-order valence-electron chi connectivity index (χ0n) is 16.9. The number of hydrogen-bond donors (Lipinski definition) is 0. The molecule has 0 N–H and O–H groups in total. The van der Waals surface area contributed by atoms with Crippen molar-refractivity contribution in [2.45, 2.75) is 37.6 Å². The van der Waals surface area contributed by atoms with E-state index in [9.17, 15) is 0 Å². The lowest BCUT2D eigenvalue weighted by atomic mass is 10.2. The average Bonchev–Trinajstić information content (AvgIpc) is 3.48. The van der Waals surface area contributed by atoms with Gasteiger partial charge in [0.2, 0.25) is 0 Å². The smallest absolute Gasteiger partial charge is 0.157 e. The topological polar surface area (TPSA) is 12.5 Å². The highest BCUT2D eigenvalue weighted by atomic mass is 28.3. The lowest BCUT2D eigenvalue weighted by Crippen LogP contribution is -2.69. The Kier molecular flexibility index (Phi) is 5.09. The molecule has 0 radical (unpaired) electrons. The summed E-state index contributed by atoms with van der Waals surface area (Å²) in [6, 6.07) is 32.6. The van der Waals surface area contributed by atoms with E-state index in [2.05, 4.69) is 124 Å². The fourth-order valence-corrected chi connectivity index (χ4v) is 10.6. The zero-order chi connectivity index (χ0) is 19.6. The molecule has 3 aromatic rings. The zero-order valence-corrected chi connectivity index (χ0v) is 17.9. The van der Waals surface area contributed by atoms with Crippen LogP contribution in [0.2, 0.25) is 5.04 Å². The molecule has 2 heteroatoms. The molecule has 1 aliphatic heterocycles. The van der Waals surface area contributed by atoms with E-state index in [1.807, 2.05) is 0 Å². The second-order valence-electron chi connectivity index (χ2n) is 8.58. The molecule has 0 unspecified atom stereocenters. The maximum absolute atomic E-state index is 6.41. The van der Waals surface area contributed by atoms with Crippen LogP contribution in [-0.4, -0.2) is 19.9 Å². The van der Waals surface area contributed by atoms with Crippen LogP contribution in [0, 0.1) is 0 Å². The Bertz CT molecular complexity index is 887. The number of hydrogen-bond acceptors (Lipinski definition) is 1. The molecule has 0 amide bonds. The van der Waals surface area contributed by atoms with Crippen LogP contribution in [0.15, 0.2) is 97.1 Å². The van der Waals surface area contributed by atoms with E-state index in [-0.39, 0.29) is 16.9 Å². The van der Waals surface area contributed by atoms with E-state index in [1.165, 1.54) is 15.9 Å². The van der Waals surface area contributed by atoms with Gasteiger partial charge >= 0.3 is 0 Å². The maximum Gasteiger partial charge on any atom is 0.157 e.